The van der Waals surface area contributed by atoms with E-state index >= 15 is 0 Å². The number of nitrogens with one attached hydrogen (secondary N) is 1. The third kappa shape index (κ3) is 2.37. The number of rotatable bonds is 5. The molecule has 18 heavy (non-hydrogen) atoms. The summed E-state index contributed by atoms with van der Waals surface area (Å²) in [6, 6.07) is 1.75. The van der Waals surface area contributed by atoms with E-state index in [-0.39, 0.29) is 0 Å². The van der Waals surface area contributed by atoms with Crippen molar-refractivity contribution in [2.45, 2.75) is 19.3 Å². The lowest BCUT2D eigenvalue weighted by atomic mass is 9.69. The molecule has 1 aliphatic rings. The molecule has 6 nitrogen and oxygen atoms in total. The molecule has 0 bridgehead atoms. The number of carboxylic acid groups (broad SMARTS) is 1. The van der Waals surface area contributed by atoms with Gasteiger partial charge in [0.05, 0.1) is 5.41 Å². The number of carboxylic acids is 1. The molecule has 0 saturated heterocycles. The van der Waals surface area contributed by atoms with Crippen LogP contribution in [0.1, 0.15) is 19.3 Å². The Bertz CT molecular complexity index is 443. The maximum atomic E-state index is 11.2. The highest BCUT2D eigenvalue weighted by atomic mass is 16.4. The van der Waals surface area contributed by atoms with E-state index in [1.807, 2.05) is 19.0 Å². The van der Waals surface area contributed by atoms with Crippen molar-refractivity contribution in [2.75, 3.05) is 30.9 Å². The summed E-state index contributed by atoms with van der Waals surface area (Å²) >= 11 is 0. The molecular weight excluding hydrogens is 232 g/mol. The van der Waals surface area contributed by atoms with Crippen LogP contribution in [-0.4, -0.2) is 41.7 Å². The maximum Gasteiger partial charge on any atom is 0.311 e. The molecule has 0 unspecified atom stereocenters. The molecular formula is C12H18N4O2. The van der Waals surface area contributed by atoms with Crippen molar-refractivity contribution in [3.05, 3.63) is 12.3 Å². The van der Waals surface area contributed by atoms with Crippen LogP contribution in [0.25, 0.3) is 0 Å². The lowest BCUT2D eigenvalue weighted by molar-refractivity contribution is -0.153. The summed E-state index contributed by atoms with van der Waals surface area (Å²) in [5.41, 5.74) is -0.608. The average molecular weight is 250 g/mol. The molecule has 2 N–H and O–H groups in total. The van der Waals surface area contributed by atoms with Crippen LogP contribution in [0.3, 0.4) is 0 Å². The molecule has 0 aliphatic heterocycles. The maximum absolute atomic E-state index is 11.2. The van der Waals surface area contributed by atoms with Crippen molar-refractivity contribution in [3.63, 3.8) is 0 Å². The number of carbonyl (C=O) groups is 1. The van der Waals surface area contributed by atoms with Crippen molar-refractivity contribution in [2.24, 2.45) is 5.41 Å². The van der Waals surface area contributed by atoms with Crippen LogP contribution in [0.15, 0.2) is 12.3 Å². The molecule has 2 rings (SSSR count). The van der Waals surface area contributed by atoms with Crippen molar-refractivity contribution >= 4 is 17.7 Å². The topological polar surface area (TPSA) is 78.4 Å². The van der Waals surface area contributed by atoms with E-state index in [0.29, 0.717) is 18.3 Å². The molecule has 1 aliphatic carbocycles. The van der Waals surface area contributed by atoms with Crippen molar-refractivity contribution in [1.82, 2.24) is 9.97 Å². The van der Waals surface area contributed by atoms with Gasteiger partial charge in [0, 0.05) is 26.8 Å². The van der Waals surface area contributed by atoms with Gasteiger partial charge in [0.2, 0.25) is 5.95 Å². The van der Waals surface area contributed by atoms with Gasteiger partial charge in [-0.05, 0) is 18.9 Å². The van der Waals surface area contributed by atoms with Crippen molar-refractivity contribution in [3.8, 4) is 0 Å². The van der Waals surface area contributed by atoms with Crippen LogP contribution in [-0.2, 0) is 4.79 Å². The third-order valence-electron chi connectivity index (χ3n) is 3.42. The molecule has 1 aromatic heterocycles. The molecule has 6 heteroatoms. The standard InChI is InChI=1S/C12H18N4O2/c1-16(2)11-13-7-4-9(15-11)14-8-12(10(17)18)5-3-6-12/h4,7H,3,5-6,8H2,1-2H3,(H,17,18)(H,13,14,15). The van der Waals surface area contributed by atoms with Gasteiger partial charge in [0.15, 0.2) is 0 Å². The Labute approximate surface area is 106 Å². The number of anilines is 2. The Morgan fingerprint density at radius 1 is 1.56 bits per heavy atom. The zero-order chi connectivity index (χ0) is 13.2. The second-order valence-electron chi connectivity index (χ2n) is 4.93. The second-order valence-corrected chi connectivity index (χ2v) is 4.93. The smallest absolute Gasteiger partial charge is 0.311 e. The van der Waals surface area contributed by atoms with E-state index in [1.54, 1.807) is 12.3 Å². The van der Waals surface area contributed by atoms with E-state index in [1.165, 1.54) is 0 Å². The minimum absolute atomic E-state index is 0.423. The predicted molar refractivity (Wildman–Crippen MR) is 68.8 cm³/mol. The SMILES string of the molecule is CN(C)c1nccc(NCC2(C(=O)O)CCC2)n1. The van der Waals surface area contributed by atoms with Gasteiger partial charge >= 0.3 is 5.97 Å². The summed E-state index contributed by atoms with van der Waals surface area (Å²) in [7, 11) is 3.73. The fraction of sp³-hybridized carbons (Fsp3) is 0.583. The summed E-state index contributed by atoms with van der Waals surface area (Å²) in [6.07, 6.45) is 4.13. The van der Waals surface area contributed by atoms with E-state index in [2.05, 4.69) is 15.3 Å². The van der Waals surface area contributed by atoms with Gasteiger partial charge in [-0.25, -0.2) is 4.98 Å². The molecule has 1 fully saturated rings. The fourth-order valence-electron chi connectivity index (χ4n) is 1.99. The Hall–Kier alpha value is -1.85. The minimum Gasteiger partial charge on any atom is -0.481 e. The van der Waals surface area contributed by atoms with Crippen LogP contribution in [0.4, 0.5) is 11.8 Å². The van der Waals surface area contributed by atoms with Crippen LogP contribution in [0.2, 0.25) is 0 Å². The molecule has 0 atom stereocenters. The number of hydrogen-bond acceptors (Lipinski definition) is 5. The molecule has 0 amide bonds. The lowest BCUT2D eigenvalue weighted by Crippen LogP contribution is -2.43. The highest BCUT2D eigenvalue weighted by molar-refractivity contribution is 5.76. The summed E-state index contributed by atoms with van der Waals surface area (Å²) in [5.74, 6) is 0.558. The largest absolute Gasteiger partial charge is 0.481 e. The minimum atomic E-state index is -0.719. The molecule has 1 aromatic rings. The van der Waals surface area contributed by atoms with E-state index in [4.69, 9.17) is 0 Å². The first kappa shape index (κ1) is 12.6. The number of aliphatic carboxylic acids is 1. The number of nitrogens with zero attached hydrogens (tertiary/aromatic N) is 3. The zero-order valence-corrected chi connectivity index (χ0v) is 10.7. The van der Waals surface area contributed by atoms with E-state index < -0.39 is 11.4 Å². The molecule has 0 aromatic carbocycles. The lowest BCUT2D eigenvalue weighted by Gasteiger charge is -2.37. The van der Waals surface area contributed by atoms with E-state index in [9.17, 15) is 9.90 Å². The fourth-order valence-corrected chi connectivity index (χ4v) is 1.99. The molecule has 1 saturated carbocycles. The van der Waals surface area contributed by atoms with Gasteiger partial charge < -0.3 is 15.3 Å². The van der Waals surface area contributed by atoms with Crippen LogP contribution in [0.5, 0.6) is 0 Å². The Balaban J connectivity index is 2.02. The van der Waals surface area contributed by atoms with Crippen LogP contribution >= 0.6 is 0 Å². The summed E-state index contributed by atoms with van der Waals surface area (Å²) < 4.78 is 0. The van der Waals surface area contributed by atoms with Gasteiger partial charge in [-0.1, -0.05) is 6.42 Å². The summed E-state index contributed by atoms with van der Waals surface area (Å²) in [6.45, 7) is 0.423. The first-order chi connectivity index (χ1) is 8.53. The Morgan fingerprint density at radius 3 is 2.78 bits per heavy atom. The molecule has 0 radical (unpaired) electrons. The van der Waals surface area contributed by atoms with Gasteiger partial charge in [-0.2, -0.15) is 4.98 Å². The van der Waals surface area contributed by atoms with Crippen LogP contribution < -0.4 is 10.2 Å². The third-order valence-corrected chi connectivity index (χ3v) is 3.42. The van der Waals surface area contributed by atoms with E-state index in [0.717, 1.165) is 19.3 Å². The Kier molecular flexibility index (Phi) is 3.36. The van der Waals surface area contributed by atoms with Crippen molar-refractivity contribution in [1.29, 1.82) is 0 Å². The average Bonchev–Trinajstić information content (AvgIpc) is 2.27. The molecule has 1 heterocycles. The van der Waals surface area contributed by atoms with Crippen LogP contribution in [0, 0.1) is 5.41 Å². The quantitative estimate of drug-likeness (QED) is 0.817. The first-order valence-electron chi connectivity index (χ1n) is 6.01. The highest BCUT2D eigenvalue weighted by Gasteiger charge is 2.44. The second kappa shape index (κ2) is 4.80. The van der Waals surface area contributed by atoms with Gasteiger partial charge in [-0.3, -0.25) is 4.79 Å². The Morgan fingerprint density at radius 2 is 2.28 bits per heavy atom. The van der Waals surface area contributed by atoms with Crippen molar-refractivity contribution < 1.29 is 9.90 Å². The van der Waals surface area contributed by atoms with Gasteiger partial charge in [-0.15, -0.1) is 0 Å². The summed E-state index contributed by atoms with van der Waals surface area (Å²) in [4.78, 5) is 21.4. The first-order valence-corrected chi connectivity index (χ1v) is 6.01. The monoisotopic (exact) mass is 250 g/mol. The summed E-state index contributed by atoms with van der Waals surface area (Å²) in [5, 5.41) is 12.3. The highest BCUT2D eigenvalue weighted by Crippen LogP contribution is 2.41. The number of aromatic nitrogens is 2. The van der Waals surface area contributed by atoms with Gasteiger partial charge in [0.25, 0.3) is 0 Å². The normalized spacial score (nSPS) is 16.8. The molecule has 0 spiro atoms. The zero-order valence-electron chi connectivity index (χ0n) is 10.7. The predicted octanol–water partition coefficient (Wildman–Crippen LogP) is 1.21. The number of hydrogen-bond donors (Lipinski definition) is 2. The van der Waals surface area contributed by atoms with Gasteiger partial charge in [0.1, 0.15) is 5.82 Å². The molecule has 98 valence electrons.